The highest BCUT2D eigenvalue weighted by Gasteiger charge is 2.15. The van der Waals surface area contributed by atoms with Gasteiger partial charge in [0.05, 0.1) is 7.11 Å². The zero-order chi connectivity index (χ0) is 26.6. The molecule has 6 rings (SSSR count). The van der Waals surface area contributed by atoms with Crippen molar-refractivity contribution in [1.82, 2.24) is 0 Å². The van der Waals surface area contributed by atoms with Gasteiger partial charge < -0.3 is 14.5 Å². The summed E-state index contributed by atoms with van der Waals surface area (Å²) in [5.41, 5.74) is 7.94. The van der Waals surface area contributed by atoms with Crippen molar-refractivity contribution >= 4 is 39.2 Å². The first-order valence-corrected chi connectivity index (χ1v) is 13.1. The number of anilines is 5. The summed E-state index contributed by atoms with van der Waals surface area (Å²) in [5.74, 6) is 0.853. The van der Waals surface area contributed by atoms with E-state index in [1.165, 1.54) is 21.9 Å². The number of rotatable bonds is 7. The van der Waals surface area contributed by atoms with Crippen LogP contribution in [0, 0.1) is 0 Å². The van der Waals surface area contributed by atoms with Crippen LogP contribution in [0.5, 0.6) is 5.75 Å². The summed E-state index contributed by atoms with van der Waals surface area (Å²) in [5, 5.41) is 2.45. The van der Waals surface area contributed by atoms with Gasteiger partial charge in [0.15, 0.2) is 0 Å². The van der Waals surface area contributed by atoms with Crippen molar-refractivity contribution in [3.8, 4) is 16.9 Å². The van der Waals surface area contributed by atoms with Crippen LogP contribution in [-0.4, -0.2) is 14.2 Å². The van der Waals surface area contributed by atoms with E-state index in [-0.39, 0.29) is 0 Å². The number of fused-ring (bicyclic) bond motifs is 1. The monoisotopic (exact) mass is 506 g/mol. The molecule has 3 nitrogen and oxygen atoms in total. The number of hydrogen-bond donors (Lipinski definition) is 0. The first kappa shape index (κ1) is 24.3. The summed E-state index contributed by atoms with van der Waals surface area (Å²) >= 11 is 0. The molecule has 0 saturated heterocycles. The van der Waals surface area contributed by atoms with Crippen LogP contribution in [0.2, 0.25) is 0 Å². The van der Waals surface area contributed by atoms with Crippen molar-refractivity contribution in [1.29, 1.82) is 0 Å². The third-order valence-electron chi connectivity index (χ3n) is 7.16. The highest BCUT2D eigenvalue weighted by Crippen LogP contribution is 2.39. The van der Waals surface area contributed by atoms with Gasteiger partial charge in [-0.3, -0.25) is 0 Å². The molecule has 0 fully saturated rings. The number of methoxy groups -OCH3 is 1. The minimum Gasteiger partial charge on any atom is -0.497 e. The molecule has 39 heavy (non-hydrogen) atoms. The van der Waals surface area contributed by atoms with E-state index in [1.54, 1.807) is 7.11 Å². The Kier molecular flexibility index (Phi) is 6.71. The van der Waals surface area contributed by atoms with Crippen molar-refractivity contribution in [3.05, 3.63) is 146 Å². The SMILES string of the molecule is COc1ccc(N(C)c2ccc(N(c3cccc(-c4ccccc4)c3)c3ccc4ccccc4c3)cc2)cc1. The molecule has 6 aromatic carbocycles. The van der Waals surface area contributed by atoms with E-state index in [4.69, 9.17) is 4.74 Å². The van der Waals surface area contributed by atoms with Crippen LogP contribution in [-0.2, 0) is 0 Å². The molecule has 190 valence electrons. The van der Waals surface area contributed by atoms with E-state index in [1.807, 2.05) is 12.1 Å². The molecule has 0 unspecified atom stereocenters. The van der Waals surface area contributed by atoms with Crippen LogP contribution < -0.4 is 14.5 Å². The minimum absolute atomic E-state index is 0.853. The molecule has 0 radical (unpaired) electrons. The van der Waals surface area contributed by atoms with Gasteiger partial charge in [-0.1, -0.05) is 72.8 Å². The molecule has 3 heteroatoms. The van der Waals surface area contributed by atoms with Gasteiger partial charge in [0.2, 0.25) is 0 Å². The van der Waals surface area contributed by atoms with Crippen LogP contribution in [0.3, 0.4) is 0 Å². The molecule has 0 aliphatic heterocycles. The van der Waals surface area contributed by atoms with Gasteiger partial charge in [0, 0.05) is 35.5 Å². The van der Waals surface area contributed by atoms with E-state index < -0.39 is 0 Å². The Morgan fingerprint density at radius 1 is 0.436 bits per heavy atom. The first-order chi connectivity index (χ1) is 19.2. The second-order valence-electron chi connectivity index (χ2n) is 9.56. The van der Waals surface area contributed by atoms with Crippen molar-refractivity contribution in [2.75, 3.05) is 24.0 Å². The zero-order valence-electron chi connectivity index (χ0n) is 22.2. The topological polar surface area (TPSA) is 15.7 Å². The van der Waals surface area contributed by atoms with Gasteiger partial charge in [-0.15, -0.1) is 0 Å². The molecule has 0 heterocycles. The molecule has 0 saturated carbocycles. The molecule has 0 atom stereocenters. The smallest absolute Gasteiger partial charge is 0.119 e. The average molecular weight is 507 g/mol. The summed E-state index contributed by atoms with van der Waals surface area (Å²) in [6, 6.07) is 51.3. The van der Waals surface area contributed by atoms with E-state index in [9.17, 15) is 0 Å². The fourth-order valence-electron chi connectivity index (χ4n) is 5.00. The second kappa shape index (κ2) is 10.8. The lowest BCUT2D eigenvalue weighted by molar-refractivity contribution is 0.415. The van der Waals surface area contributed by atoms with E-state index >= 15 is 0 Å². The van der Waals surface area contributed by atoms with Crippen LogP contribution >= 0.6 is 0 Å². The van der Waals surface area contributed by atoms with Gasteiger partial charge in [0.25, 0.3) is 0 Å². The van der Waals surface area contributed by atoms with Gasteiger partial charge in [-0.05, 0) is 94.7 Å². The molecule has 6 aromatic rings. The summed E-state index contributed by atoms with van der Waals surface area (Å²) in [7, 11) is 3.77. The molecule has 0 amide bonds. The molecular formula is C36H30N2O. The molecular weight excluding hydrogens is 476 g/mol. The van der Waals surface area contributed by atoms with Gasteiger partial charge >= 0.3 is 0 Å². The number of hydrogen-bond acceptors (Lipinski definition) is 3. The first-order valence-electron chi connectivity index (χ1n) is 13.1. The van der Waals surface area contributed by atoms with Crippen molar-refractivity contribution in [2.24, 2.45) is 0 Å². The molecule has 0 aliphatic rings. The zero-order valence-corrected chi connectivity index (χ0v) is 22.2. The summed E-state index contributed by atoms with van der Waals surface area (Å²) in [6.45, 7) is 0. The van der Waals surface area contributed by atoms with Crippen molar-refractivity contribution in [3.63, 3.8) is 0 Å². The van der Waals surface area contributed by atoms with E-state index in [0.29, 0.717) is 0 Å². The number of nitrogens with zero attached hydrogens (tertiary/aromatic N) is 2. The quantitative estimate of drug-likeness (QED) is 0.214. The summed E-state index contributed by atoms with van der Waals surface area (Å²) in [4.78, 5) is 4.51. The lowest BCUT2D eigenvalue weighted by Crippen LogP contribution is -2.12. The molecule has 0 aliphatic carbocycles. The minimum atomic E-state index is 0.853. The Hall–Kier alpha value is -5.02. The Morgan fingerprint density at radius 3 is 1.72 bits per heavy atom. The van der Waals surface area contributed by atoms with Gasteiger partial charge in [0.1, 0.15) is 5.75 Å². The summed E-state index contributed by atoms with van der Waals surface area (Å²) < 4.78 is 5.32. The average Bonchev–Trinajstić information content (AvgIpc) is 3.02. The maximum absolute atomic E-state index is 5.32. The third kappa shape index (κ3) is 5.07. The molecule has 0 aromatic heterocycles. The Labute approximate surface area is 230 Å². The number of benzene rings is 6. The van der Waals surface area contributed by atoms with E-state index in [0.717, 1.165) is 34.2 Å². The van der Waals surface area contributed by atoms with Crippen molar-refractivity contribution < 1.29 is 4.74 Å². The second-order valence-corrected chi connectivity index (χ2v) is 9.56. The lowest BCUT2D eigenvalue weighted by Gasteiger charge is -2.27. The highest BCUT2D eigenvalue weighted by atomic mass is 16.5. The van der Waals surface area contributed by atoms with Gasteiger partial charge in [-0.2, -0.15) is 0 Å². The van der Waals surface area contributed by atoms with Crippen molar-refractivity contribution in [2.45, 2.75) is 0 Å². The van der Waals surface area contributed by atoms with Crippen LogP contribution in [0.4, 0.5) is 28.4 Å². The standard InChI is InChI=1S/C36H30N2O/c1-37(32-21-23-36(39-2)24-22-32)31-17-19-33(20-18-31)38(35-16-15-28-11-6-7-12-29(28)26-35)34-14-8-13-30(25-34)27-9-4-3-5-10-27/h3-26H,1-2H3. The predicted molar refractivity (Wildman–Crippen MR) is 165 cm³/mol. The molecule has 0 bridgehead atoms. The summed E-state index contributed by atoms with van der Waals surface area (Å²) in [6.07, 6.45) is 0. The fraction of sp³-hybridized carbons (Fsp3) is 0.0556. The predicted octanol–water partition coefficient (Wildman–Crippen LogP) is 9.75. The molecule has 0 spiro atoms. The van der Waals surface area contributed by atoms with Crippen LogP contribution in [0.1, 0.15) is 0 Å². The Bertz CT molecular complexity index is 1690. The van der Waals surface area contributed by atoms with Crippen LogP contribution in [0.15, 0.2) is 146 Å². The maximum Gasteiger partial charge on any atom is 0.119 e. The third-order valence-corrected chi connectivity index (χ3v) is 7.16. The van der Waals surface area contributed by atoms with Gasteiger partial charge in [-0.25, -0.2) is 0 Å². The van der Waals surface area contributed by atoms with Crippen LogP contribution in [0.25, 0.3) is 21.9 Å². The molecule has 0 N–H and O–H groups in total. The largest absolute Gasteiger partial charge is 0.497 e. The number of ether oxygens (including phenoxy) is 1. The maximum atomic E-state index is 5.32. The highest BCUT2D eigenvalue weighted by molar-refractivity contribution is 5.90. The Morgan fingerprint density at radius 2 is 1.00 bits per heavy atom. The fourth-order valence-corrected chi connectivity index (χ4v) is 5.00. The normalized spacial score (nSPS) is 10.8. The lowest BCUT2D eigenvalue weighted by atomic mass is 10.0. The Balaban J connectivity index is 1.41. The van der Waals surface area contributed by atoms with E-state index in [2.05, 4.69) is 150 Å².